The minimum atomic E-state index is -3.67. The molecule has 1 aromatic carbocycles. The second-order valence-electron chi connectivity index (χ2n) is 4.83. The van der Waals surface area contributed by atoms with Crippen LogP contribution in [0.3, 0.4) is 0 Å². The monoisotopic (exact) mass is 480 g/mol. The van der Waals surface area contributed by atoms with E-state index in [1.54, 1.807) is 12.1 Å². The topological polar surface area (TPSA) is 66.5 Å². The summed E-state index contributed by atoms with van der Waals surface area (Å²) in [6.45, 7) is 1.65. The summed E-state index contributed by atoms with van der Waals surface area (Å²) in [4.78, 5) is 12.1. The molecule has 1 heterocycles. The van der Waals surface area contributed by atoms with E-state index in [1.165, 1.54) is 13.1 Å². The highest BCUT2D eigenvalue weighted by molar-refractivity contribution is 9.11. The van der Waals surface area contributed by atoms with E-state index < -0.39 is 15.9 Å². The molecule has 0 unspecified atom stereocenters. The Balaban J connectivity index is 2.06. The van der Waals surface area contributed by atoms with Crippen LogP contribution in [0.25, 0.3) is 0 Å². The number of halogens is 2. The molecule has 1 aromatic heterocycles. The molecule has 0 spiro atoms. The predicted octanol–water partition coefficient (Wildman–Crippen LogP) is 3.84. The van der Waals surface area contributed by atoms with E-state index >= 15 is 0 Å². The Kier molecular flexibility index (Phi) is 6.01. The van der Waals surface area contributed by atoms with Gasteiger partial charge in [-0.05, 0) is 58.7 Å². The molecule has 23 heavy (non-hydrogen) atoms. The van der Waals surface area contributed by atoms with E-state index in [1.807, 2.05) is 19.1 Å². The van der Waals surface area contributed by atoms with Crippen LogP contribution in [0, 0.1) is 6.92 Å². The number of thiophene rings is 1. The first-order valence-electron chi connectivity index (χ1n) is 6.48. The second kappa shape index (κ2) is 7.43. The fourth-order valence-corrected chi connectivity index (χ4v) is 5.39. The van der Waals surface area contributed by atoms with Crippen LogP contribution in [0.2, 0.25) is 0 Å². The maximum Gasteiger partial charge on any atom is 0.252 e. The van der Waals surface area contributed by atoms with Crippen LogP contribution in [0.4, 0.5) is 5.69 Å². The number of carbonyl (C=O) groups excluding carboxylic acids is 1. The van der Waals surface area contributed by atoms with Crippen LogP contribution in [-0.2, 0) is 14.8 Å². The number of sulfonamides is 1. The second-order valence-corrected chi connectivity index (χ2v) is 10.4. The van der Waals surface area contributed by atoms with Gasteiger partial charge in [-0.1, -0.05) is 15.9 Å². The average Bonchev–Trinajstić information content (AvgIpc) is 2.90. The quantitative estimate of drug-likeness (QED) is 0.705. The third-order valence-corrected chi connectivity index (χ3v) is 7.81. The number of anilines is 1. The number of aryl methyl sites for hydroxylation is 1. The van der Waals surface area contributed by atoms with Gasteiger partial charge < -0.3 is 5.32 Å². The summed E-state index contributed by atoms with van der Waals surface area (Å²) >= 11 is 7.73. The van der Waals surface area contributed by atoms with Gasteiger partial charge in [0.1, 0.15) is 4.21 Å². The van der Waals surface area contributed by atoms with E-state index in [2.05, 4.69) is 37.2 Å². The lowest BCUT2D eigenvalue weighted by Crippen LogP contribution is -2.34. The third kappa shape index (κ3) is 4.63. The Labute approximate surface area is 156 Å². The number of benzene rings is 1. The summed E-state index contributed by atoms with van der Waals surface area (Å²) in [5, 5.41) is 2.70. The van der Waals surface area contributed by atoms with Crippen molar-refractivity contribution in [2.45, 2.75) is 11.1 Å². The highest BCUT2D eigenvalue weighted by atomic mass is 79.9. The molecule has 0 atom stereocenters. The summed E-state index contributed by atoms with van der Waals surface area (Å²) in [5.74, 6) is -0.395. The molecule has 0 saturated carbocycles. The molecule has 0 bridgehead atoms. The minimum Gasteiger partial charge on any atom is -0.325 e. The lowest BCUT2D eigenvalue weighted by atomic mass is 10.2. The van der Waals surface area contributed by atoms with Gasteiger partial charge in [0, 0.05) is 17.2 Å². The van der Waals surface area contributed by atoms with Crippen molar-refractivity contribution in [3.05, 3.63) is 44.2 Å². The van der Waals surface area contributed by atoms with Crippen LogP contribution in [0.1, 0.15) is 5.56 Å². The van der Waals surface area contributed by atoms with Gasteiger partial charge in [0.05, 0.1) is 10.3 Å². The largest absolute Gasteiger partial charge is 0.325 e. The number of amides is 1. The first-order chi connectivity index (χ1) is 10.7. The van der Waals surface area contributed by atoms with E-state index in [4.69, 9.17) is 0 Å². The summed E-state index contributed by atoms with van der Waals surface area (Å²) in [6.07, 6.45) is 0. The van der Waals surface area contributed by atoms with Crippen molar-refractivity contribution >= 4 is 64.8 Å². The summed E-state index contributed by atoms with van der Waals surface area (Å²) in [6, 6.07) is 8.56. The molecule has 0 aliphatic heterocycles. The lowest BCUT2D eigenvalue weighted by Gasteiger charge is -2.16. The van der Waals surface area contributed by atoms with Gasteiger partial charge in [0.25, 0.3) is 10.0 Å². The number of nitrogens with one attached hydrogen (secondary N) is 1. The van der Waals surface area contributed by atoms with E-state index in [-0.39, 0.29) is 10.8 Å². The van der Waals surface area contributed by atoms with E-state index in [0.29, 0.717) is 5.69 Å². The first kappa shape index (κ1) is 18.6. The zero-order valence-electron chi connectivity index (χ0n) is 12.3. The van der Waals surface area contributed by atoms with Crippen molar-refractivity contribution in [2.24, 2.45) is 0 Å². The van der Waals surface area contributed by atoms with Crippen LogP contribution in [0.5, 0.6) is 0 Å². The number of likely N-dealkylation sites (N-methyl/N-ethyl adjacent to an activating group) is 1. The molecule has 0 radical (unpaired) electrons. The Morgan fingerprint density at radius 2 is 1.96 bits per heavy atom. The number of hydrogen-bond acceptors (Lipinski definition) is 4. The van der Waals surface area contributed by atoms with E-state index in [9.17, 15) is 13.2 Å². The normalized spacial score (nSPS) is 11.7. The molecule has 9 heteroatoms. The summed E-state index contributed by atoms with van der Waals surface area (Å²) < 4.78 is 27.6. The van der Waals surface area contributed by atoms with Gasteiger partial charge in [-0.3, -0.25) is 4.79 Å². The molecule has 2 rings (SSSR count). The van der Waals surface area contributed by atoms with Crippen molar-refractivity contribution in [1.82, 2.24) is 4.31 Å². The van der Waals surface area contributed by atoms with Crippen molar-refractivity contribution in [2.75, 3.05) is 18.9 Å². The molecule has 0 aliphatic carbocycles. The highest BCUT2D eigenvalue weighted by Gasteiger charge is 2.24. The van der Waals surface area contributed by atoms with Gasteiger partial charge in [-0.15, -0.1) is 11.3 Å². The average molecular weight is 482 g/mol. The van der Waals surface area contributed by atoms with Crippen LogP contribution in [-0.4, -0.2) is 32.2 Å². The predicted molar refractivity (Wildman–Crippen MR) is 99.3 cm³/mol. The first-order valence-corrected chi connectivity index (χ1v) is 10.3. The molecule has 1 N–H and O–H groups in total. The van der Waals surface area contributed by atoms with Crippen molar-refractivity contribution in [3.63, 3.8) is 0 Å². The smallest absolute Gasteiger partial charge is 0.252 e. The number of hydrogen-bond donors (Lipinski definition) is 1. The molecule has 124 valence electrons. The summed E-state index contributed by atoms with van der Waals surface area (Å²) in [7, 11) is -2.28. The van der Waals surface area contributed by atoms with Crippen molar-refractivity contribution < 1.29 is 13.2 Å². The molecule has 5 nitrogen and oxygen atoms in total. The zero-order chi connectivity index (χ0) is 17.2. The summed E-state index contributed by atoms with van der Waals surface area (Å²) in [5.41, 5.74) is 1.60. The van der Waals surface area contributed by atoms with Crippen LogP contribution >= 0.6 is 43.2 Å². The standard InChI is InChI=1S/C14H14Br2N2O3S2/c1-9-7-10(3-4-11(9)15)17-13(19)8-18(2)23(20,21)14-6-5-12(16)22-14/h3-7H,8H2,1-2H3,(H,17,19). The molecule has 0 saturated heterocycles. The highest BCUT2D eigenvalue weighted by Crippen LogP contribution is 2.28. The van der Waals surface area contributed by atoms with Gasteiger partial charge in [0.15, 0.2) is 0 Å². The van der Waals surface area contributed by atoms with Crippen LogP contribution < -0.4 is 5.32 Å². The SMILES string of the molecule is Cc1cc(NC(=O)CN(C)S(=O)(=O)c2ccc(Br)s2)ccc1Br. The van der Waals surface area contributed by atoms with Gasteiger partial charge in [-0.2, -0.15) is 4.31 Å². The van der Waals surface area contributed by atoms with Gasteiger partial charge in [0.2, 0.25) is 5.91 Å². The molecule has 0 aliphatic rings. The molecule has 2 aromatic rings. The van der Waals surface area contributed by atoms with Crippen molar-refractivity contribution in [1.29, 1.82) is 0 Å². The third-order valence-electron chi connectivity index (χ3n) is 3.02. The van der Waals surface area contributed by atoms with Crippen LogP contribution in [0.15, 0.2) is 42.8 Å². The molecular weight excluding hydrogens is 468 g/mol. The Morgan fingerprint density at radius 3 is 2.52 bits per heavy atom. The van der Waals surface area contributed by atoms with Crippen molar-refractivity contribution in [3.8, 4) is 0 Å². The lowest BCUT2D eigenvalue weighted by molar-refractivity contribution is -0.116. The Morgan fingerprint density at radius 1 is 1.26 bits per heavy atom. The van der Waals surface area contributed by atoms with Gasteiger partial charge >= 0.3 is 0 Å². The fraction of sp³-hybridized carbons (Fsp3) is 0.214. The molecular formula is C14H14Br2N2O3S2. The van der Waals surface area contributed by atoms with Gasteiger partial charge in [-0.25, -0.2) is 8.42 Å². The molecule has 1 amide bonds. The zero-order valence-corrected chi connectivity index (χ0v) is 17.1. The number of carbonyl (C=O) groups is 1. The minimum absolute atomic E-state index is 0.194. The Bertz CT molecular complexity index is 834. The van der Waals surface area contributed by atoms with E-state index in [0.717, 1.165) is 29.5 Å². The number of nitrogens with zero attached hydrogens (tertiary/aromatic N) is 1. The molecule has 0 fully saturated rings. The maximum absolute atomic E-state index is 12.4. The maximum atomic E-state index is 12.4. The Hall–Kier alpha value is -0.740. The number of rotatable bonds is 5. The fourth-order valence-electron chi connectivity index (χ4n) is 1.80.